The Morgan fingerprint density at radius 2 is 2.12 bits per heavy atom. The van der Waals surface area contributed by atoms with Crippen LogP contribution in [0.2, 0.25) is 0 Å². The van der Waals surface area contributed by atoms with Gasteiger partial charge in [-0.2, -0.15) is 0 Å². The van der Waals surface area contributed by atoms with Crippen molar-refractivity contribution in [2.45, 2.75) is 19.4 Å². The number of nitrogens with two attached hydrogens (primary N) is 2. The van der Waals surface area contributed by atoms with Crippen molar-refractivity contribution in [3.63, 3.8) is 0 Å². The molecule has 17 heavy (non-hydrogen) atoms. The van der Waals surface area contributed by atoms with Gasteiger partial charge in [-0.3, -0.25) is 0 Å². The number of hydrazine groups is 1. The van der Waals surface area contributed by atoms with Crippen LogP contribution in [-0.2, 0) is 0 Å². The van der Waals surface area contributed by atoms with Gasteiger partial charge in [0.1, 0.15) is 0 Å². The van der Waals surface area contributed by atoms with Gasteiger partial charge in [0, 0.05) is 6.04 Å². The Hall–Kier alpha value is -2.15. The number of nitrogens with zero attached hydrogens (tertiary/aromatic N) is 2. The number of guanidine groups is 1. The summed E-state index contributed by atoms with van der Waals surface area (Å²) in [6, 6.07) is 7.06. The van der Waals surface area contributed by atoms with Crippen molar-refractivity contribution in [2.75, 3.05) is 0 Å². The van der Waals surface area contributed by atoms with Gasteiger partial charge in [0.25, 0.3) is 5.96 Å². The van der Waals surface area contributed by atoms with Crippen LogP contribution < -0.4 is 16.9 Å². The molecule has 1 aromatic rings. The Labute approximate surface area is 98.6 Å². The van der Waals surface area contributed by atoms with E-state index in [9.17, 15) is 10.1 Å². The third-order valence-electron chi connectivity index (χ3n) is 2.22. The Morgan fingerprint density at radius 1 is 1.53 bits per heavy atom. The average Bonchev–Trinajstić information content (AvgIpc) is 2.28. The van der Waals surface area contributed by atoms with Gasteiger partial charge < -0.3 is 11.5 Å². The fraction of sp³-hybridized carbons (Fsp3) is 0.300. The molecule has 0 saturated heterocycles. The summed E-state index contributed by atoms with van der Waals surface area (Å²) >= 11 is 0. The van der Waals surface area contributed by atoms with Crippen LogP contribution in [0.4, 0.5) is 5.69 Å². The third kappa shape index (κ3) is 4.07. The first-order chi connectivity index (χ1) is 8.02. The monoisotopic (exact) mass is 237 g/mol. The highest BCUT2D eigenvalue weighted by Crippen LogP contribution is 2.18. The van der Waals surface area contributed by atoms with Gasteiger partial charge in [0.05, 0.1) is 5.69 Å². The normalized spacial score (nSPS) is 13.2. The number of nitro groups is 1. The Balaban J connectivity index is 2.77. The standard InChI is InChI=1S/C10H15N5O2/c1-2-9(11)7-3-5-8(6-4-7)13-10(12)14-15(16)17/h3-6,9H,2,11H2,1H3,(H3,12,13,14). The molecule has 0 amide bonds. The van der Waals surface area contributed by atoms with Crippen LogP contribution in [0, 0.1) is 10.1 Å². The van der Waals surface area contributed by atoms with E-state index in [-0.39, 0.29) is 12.0 Å². The molecule has 0 aliphatic rings. The van der Waals surface area contributed by atoms with Crippen molar-refractivity contribution in [3.8, 4) is 0 Å². The molecule has 0 aliphatic carbocycles. The molecule has 0 aliphatic heterocycles. The second kappa shape index (κ2) is 5.80. The summed E-state index contributed by atoms with van der Waals surface area (Å²) in [6.45, 7) is 2.00. The zero-order valence-electron chi connectivity index (χ0n) is 9.46. The van der Waals surface area contributed by atoms with Gasteiger partial charge >= 0.3 is 0 Å². The number of hydrogen-bond acceptors (Lipinski definition) is 4. The van der Waals surface area contributed by atoms with E-state index in [4.69, 9.17) is 11.5 Å². The maximum absolute atomic E-state index is 10.1. The Kier molecular flexibility index (Phi) is 4.41. The van der Waals surface area contributed by atoms with E-state index in [0.29, 0.717) is 5.69 Å². The molecule has 92 valence electrons. The molecule has 0 spiro atoms. The van der Waals surface area contributed by atoms with E-state index in [1.165, 1.54) is 0 Å². The van der Waals surface area contributed by atoms with E-state index in [0.717, 1.165) is 12.0 Å². The highest BCUT2D eigenvalue weighted by molar-refractivity contribution is 5.79. The summed E-state index contributed by atoms with van der Waals surface area (Å²) in [4.78, 5) is 13.9. The number of nitrogens with one attached hydrogen (secondary N) is 1. The molecule has 7 heteroatoms. The van der Waals surface area contributed by atoms with Gasteiger partial charge in [0.2, 0.25) is 0 Å². The minimum atomic E-state index is -0.764. The largest absolute Gasteiger partial charge is 0.365 e. The van der Waals surface area contributed by atoms with Crippen molar-refractivity contribution in [2.24, 2.45) is 16.5 Å². The lowest BCUT2D eigenvalue weighted by molar-refractivity contribution is -0.525. The van der Waals surface area contributed by atoms with E-state index in [1.807, 2.05) is 19.1 Å². The maximum atomic E-state index is 10.1. The lowest BCUT2D eigenvalue weighted by atomic mass is 10.1. The molecule has 5 N–H and O–H groups in total. The summed E-state index contributed by atoms with van der Waals surface area (Å²) in [5, 5.41) is 9.34. The smallest absolute Gasteiger partial charge is 0.256 e. The molecule has 7 nitrogen and oxygen atoms in total. The van der Waals surface area contributed by atoms with Gasteiger partial charge in [0.15, 0.2) is 5.03 Å². The second-order valence-electron chi connectivity index (χ2n) is 3.47. The van der Waals surface area contributed by atoms with Crippen molar-refractivity contribution in [3.05, 3.63) is 39.9 Å². The van der Waals surface area contributed by atoms with Crippen molar-refractivity contribution < 1.29 is 5.03 Å². The summed E-state index contributed by atoms with van der Waals surface area (Å²) in [5.41, 5.74) is 14.4. The molecule has 0 saturated carbocycles. The van der Waals surface area contributed by atoms with Crippen LogP contribution in [-0.4, -0.2) is 11.0 Å². The highest BCUT2D eigenvalue weighted by atomic mass is 16.7. The average molecular weight is 237 g/mol. The fourth-order valence-electron chi connectivity index (χ4n) is 1.29. The zero-order valence-corrected chi connectivity index (χ0v) is 9.46. The minimum Gasteiger partial charge on any atom is -0.365 e. The first-order valence-corrected chi connectivity index (χ1v) is 5.13. The molecule has 0 fully saturated rings. The maximum Gasteiger partial charge on any atom is 0.256 e. The number of aliphatic imine (C=N–C) groups is 1. The predicted molar refractivity (Wildman–Crippen MR) is 65.1 cm³/mol. The summed E-state index contributed by atoms with van der Waals surface area (Å²) in [7, 11) is 0. The topological polar surface area (TPSA) is 120 Å². The van der Waals surface area contributed by atoms with Crippen LogP contribution in [0.25, 0.3) is 0 Å². The third-order valence-corrected chi connectivity index (χ3v) is 2.22. The lowest BCUT2D eigenvalue weighted by Crippen LogP contribution is -2.35. The molecule has 0 bridgehead atoms. The van der Waals surface area contributed by atoms with Crippen LogP contribution >= 0.6 is 0 Å². The predicted octanol–water partition coefficient (Wildman–Crippen LogP) is 0.824. The lowest BCUT2D eigenvalue weighted by Gasteiger charge is -2.08. The van der Waals surface area contributed by atoms with E-state index in [1.54, 1.807) is 17.6 Å². The van der Waals surface area contributed by atoms with Crippen molar-refractivity contribution in [1.29, 1.82) is 0 Å². The van der Waals surface area contributed by atoms with Crippen molar-refractivity contribution >= 4 is 11.6 Å². The summed E-state index contributed by atoms with van der Waals surface area (Å²) in [5.74, 6) is -0.262. The molecular weight excluding hydrogens is 222 g/mol. The molecule has 0 aromatic heterocycles. The minimum absolute atomic E-state index is 0.0118. The highest BCUT2D eigenvalue weighted by Gasteiger charge is 2.03. The van der Waals surface area contributed by atoms with Gasteiger partial charge in [-0.05, 0) is 24.1 Å². The van der Waals surface area contributed by atoms with Gasteiger partial charge in [-0.1, -0.05) is 24.5 Å². The summed E-state index contributed by atoms with van der Waals surface area (Å²) in [6.07, 6.45) is 0.841. The van der Waals surface area contributed by atoms with Crippen LogP contribution in [0.1, 0.15) is 24.9 Å². The van der Waals surface area contributed by atoms with Gasteiger partial charge in [-0.25, -0.2) is 15.1 Å². The number of rotatable bonds is 4. The summed E-state index contributed by atoms with van der Waals surface area (Å²) < 4.78 is 0. The van der Waals surface area contributed by atoms with Crippen LogP contribution in [0.3, 0.4) is 0 Å². The number of hydrogen-bond donors (Lipinski definition) is 3. The first kappa shape index (κ1) is 12.9. The molecule has 1 aromatic carbocycles. The number of benzene rings is 1. The molecule has 0 radical (unpaired) electrons. The Morgan fingerprint density at radius 3 is 2.59 bits per heavy atom. The zero-order chi connectivity index (χ0) is 12.8. The van der Waals surface area contributed by atoms with E-state index >= 15 is 0 Å². The van der Waals surface area contributed by atoms with E-state index in [2.05, 4.69) is 4.99 Å². The van der Waals surface area contributed by atoms with Gasteiger partial charge in [-0.15, -0.1) is 0 Å². The van der Waals surface area contributed by atoms with Crippen LogP contribution in [0.5, 0.6) is 0 Å². The second-order valence-corrected chi connectivity index (χ2v) is 3.47. The van der Waals surface area contributed by atoms with Crippen molar-refractivity contribution in [1.82, 2.24) is 5.43 Å². The molecule has 1 atom stereocenters. The van der Waals surface area contributed by atoms with E-state index < -0.39 is 5.03 Å². The Bertz CT molecular complexity index is 415. The fourth-order valence-corrected chi connectivity index (χ4v) is 1.29. The molecule has 1 unspecified atom stereocenters. The van der Waals surface area contributed by atoms with Crippen LogP contribution in [0.15, 0.2) is 29.3 Å². The first-order valence-electron chi connectivity index (χ1n) is 5.13. The molecule has 1 rings (SSSR count). The quantitative estimate of drug-likeness (QED) is 0.310. The molecular formula is C10H15N5O2. The SMILES string of the molecule is CCC(N)c1ccc(N=C(N)N[N+](=O)[O-])cc1. The molecule has 0 heterocycles.